The van der Waals surface area contributed by atoms with Crippen molar-refractivity contribution in [1.82, 2.24) is 10.3 Å². The molecule has 66 valence electrons. The molecule has 1 aliphatic heterocycles. The second-order valence-electron chi connectivity index (χ2n) is 2.68. The molecule has 2 nitrogen and oxygen atoms in total. The number of hydrogen-bond donors (Lipinski definition) is 1. The molecule has 0 aromatic carbocycles. The summed E-state index contributed by atoms with van der Waals surface area (Å²) in [6, 6.07) is -0.791. The number of hydrogen-bond acceptors (Lipinski definition) is 3. The molecule has 5 heteroatoms. The molecule has 1 atom stereocenters. The third kappa shape index (κ3) is 1.23. The maximum absolute atomic E-state index is 12.4. The molecule has 1 aliphatic rings. The molecule has 0 saturated heterocycles. The van der Waals surface area contributed by atoms with E-state index in [2.05, 4.69) is 10.3 Å². The first kappa shape index (κ1) is 8.07. The molecule has 0 saturated carbocycles. The lowest BCUT2D eigenvalue weighted by Crippen LogP contribution is -2.33. The summed E-state index contributed by atoms with van der Waals surface area (Å²) >= 11 is 1.31. The molecular weight excluding hydrogens is 182 g/mol. The maximum atomic E-state index is 12.4. The van der Waals surface area contributed by atoms with Gasteiger partial charge in [0.25, 0.3) is 6.43 Å². The van der Waals surface area contributed by atoms with E-state index in [1.165, 1.54) is 11.3 Å². The number of nitrogens with zero attached hydrogens (tertiary/aromatic N) is 1. The van der Waals surface area contributed by atoms with Crippen LogP contribution in [-0.2, 0) is 6.42 Å². The Morgan fingerprint density at radius 2 is 2.50 bits per heavy atom. The van der Waals surface area contributed by atoms with Crippen molar-refractivity contribution in [1.29, 1.82) is 0 Å². The predicted molar refractivity (Wildman–Crippen MR) is 42.6 cm³/mol. The fourth-order valence-corrected chi connectivity index (χ4v) is 2.28. The second-order valence-corrected chi connectivity index (χ2v) is 3.57. The first-order valence-electron chi connectivity index (χ1n) is 3.73. The van der Waals surface area contributed by atoms with Crippen LogP contribution in [0.4, 0.5) is 8.78 Å². The molecule has 1 N–H and O–H groups in total. The van der Waals surface area contributed by atoms with Crippen molar-refractivity contribution in [3.63, 3.8) is 0 Å². The lowest BCUT2D eigenvalue weighted by atomic mass is 10.1. The van der Waals surface area contributed by atoms with Crippen molar-refractivity contribution in [2.24, 2.45) is 0 Å². The minimum absolute atomic E-state index is 0.603. The van der Waals surface area contributed by atoms with Crippen LogP contribution in [0.3, 0.4) is 0 Å². The SMILES string of the molecule is FC(F)C1NCCc2ncsc21. The standard InChI is InChI=1S/C7H8F2N2S/c8-7(9)5-6-4(1-2-10-5)11-3-12-6/h3,5,7,10H,1-2H2. The number of fused-ring (bicyclic) bond motifs is 1. The van der Waals surface area contributed by atoms with Gasteiger partial charge in [-0.1, -0.05) is 0 Å². The number of halogens is 2. The summed E-state index contributed by atoms with van der Waals surface area (Å²) in [5.74, 6) is 0. The Bertz CT molecular complexity index is 274. The van der Waals surface area contributed by atoms with Crippen molar-refractivity contribution in [2.45, 2.75) is 18.9 Å². The maximum Gasteiger partial charge on any atom is 0.258 e. The molecule has 1 aromatic heterocycles. The van der Waals surface area contributed by atoms with Crippen LogP contribution in [0, 0.1) is 0 Å². The van der Waals surface area contributed by atoms with Crippen LogP contribution >= 0.6 is 11.3 Å². The Kier molecular flexibility index (Phi) is 2.06. The lowest BCUT2D eigenvalue weighted by Gasteiger charge is -2.21. The smallest absolute Gasteiger partial charge is 0.258 e. The van der Waals surface area contributed by atoms with E-state index in [4.69, 9.17) is 0 Å². The summed E-state index contributed by atoms with van der Waals surface area (Å²) < 4.78 is 24.8. The largest absolute Gasteiger partial charge is 0.304 e. The highest BCUT2D eigenvalue weighted by Gasteiger charge is 2.29. The molecule has 1 aromatic rings. The van der Waals surface area contributed by atoms with Gasteiger partial charge in [-0.05, 0) is 0 Å². The Balaban J connectivity index is 2.31. The van der Waals surface area contributed by atoms with Gasteiger partial charge in [-0.25, -0.2) is 13.8 Å². The van der Waals surface area contributed by atoms with E-state index in [-0.39, 0.29) is 0 Å². The zero-order chi connectivity index (χ0) is 8.55. The molecule has 1 unspecified atom stereocenters. The van der Waals surface area contributed by atoms with Gasteiger partial charge in [-0.3, -0.25) is 0 Å². The number of thiazole rings is 1. The second kappa shape index (κ2) is 3.06. The number of alkyl halides is 2. The van der Waals surface area contributed by atoms with Crippen LogP contribution in [0.25, 0.3) is 0 Å². The molecule has 2 heterocycles. The van der Waals surface area contributed by atoms with E-state index in [0.29, 0.717) is 11.4 Å². The fourth-order valence-electron chi connectivity index (χ4n) is 1.36. The summed E-state index contributed by atoms with van der Waals surface area (Å²) in [6.07, 6.45) is -1.56. The Morgan fingerprint density at radius 1 is 1.67 bits per heavy atom. The quantitative estimate of drug-likeness (QED) is 0.727. The van der Waals surface area contributed by atoms with Crippen LogP contribution in [0.5, 0.6) is 0 Å². The van der Waals surface area contributed by atoms with Gasteiger partial charge in [0.2, 0.25) is 0 Å². The average molecular weight is 190 g/mol. The van der Waals surface area contributed by atoms with Crippen LogP contribution in [-0.4, -0.2) is 18.0 Å². The minimum Gasteiger partial charge on any atom is -0.304 e. The van der Waals surface area contributed by atoms with Gasteiger partial charge >= 0.3 is 0 Å². The Labute approximate surface area is 72.6 Å². The van der Waals surface area contributed by atoms with Gasteiger partial charge in [0, 0.05) is 13.0 Å². The summed E-state index contributed by atoms with van der Waals surface area (Å²) in [5, 5.41) is 2.78. The first-order valence-corrected chi connectivity index (χ1v) is 4.61. The molecule has 12 heavy (non-hydrogen) atoms. The normalized spacial score (nSPS) is 22.8. The van der Waals surface area contributed by atoms with E-state index in [1.807, 2.05) is 0 Å². The highest BCUT2D eigenvalue weighted by molar-refractivity contribution is 7.09. The molecule has 2 rings (SSSR count). The topological polar surface area (TPSA) is 24.9 Å². The summed E-state index contributed by atoms with van der Waals surface area (Å²) in [4.78, 5) is 4.74. The van der Waals surface area contributed by atoms with E-state index >= 15 is 0 Å². The lowest BCUT2D eigenvalue weighted by molar-refractivity contribution is 0.0968. The van der Waals surface area contributed by atoms with Crippen molar-refractivity contribution in [2.75, 3.05) is 6.54 Å². The van der Waals surface area contributed by atoms with Gasteiger partial charge in [0.15, 0.2) is 0 Å². The molecule has 0 bridgehead atoms. The van der Waals surface area contributed by atoms with Crippen LogP contribution in [0.1, 0.15) is 16.6 Å². The number of nitrogens with one attached hydrogen (secondary N) is 1. The predicted octanol–water partition coefficient (Wildman–Crippen LogP) is 1.59. The molecule has 0 fully saturated rings. The average Bonchev–Trinajstić information content (AvgIpc) is 2.49. The molecular formula is C7H8F2N2S. The van der Waals surface area contributed by atoms with Crippen LogP contribution in [0.2, 0.25) is 0 Å². The third-order valence-electron chi connectivity index (χ3n) is 1.93. The van der Waals surface area contributed by atoms with E-state index in [1.54, 1.807) is 5.51 Å². The van der Waals surface area contributed by atoms with E-state index in [0.717, 1.165) is 12.1 Å². The Hall–Kier alpha value is -0.550. The number of aromatic nitrogens is 1. The van der Waals surface area contributed by atoms with Crippen molar-refractivity contribution >= 4 is 11.3 Å². The summed E-state index contributed by atoms with van der Waals surface area (Å²) in [7, 11) is 0. The Morgan fingerprint density at radius 3 is 3.25 bits per heavy atom. The highest BCUT2D eigenvalue weighted by Crippen LogP contribution is 2.30. The molecule has 0 amide bonds. The van der Waals surface area contributed by atoms with Gasteiger partial charge in [-0.2, -0.15) is 0 Å². The molecule has 0 aliphatic carbocycles. The molecule has 0 spiro atoms. The van der Waals surface area contributed by atoms with Crippen LogP contribution < -0.4 is 5.32 Å². The van der Waals surface area contributed by atoms with Gasteiger partial charge in [0.05, 0.1) is 16.1 Å². The van der Waals surface area contributed by atoms with E-state index in [9.17, 15) is 8.78 Å². The summed E-state index contributed by atoms with van der Waals surface area (Å²) in [5.41, 5.74) is 2.47. The fraction of sp³-hybridized carbons (Fsp3) is 0.571. The zero-order valence-corrected chi connectivity index (χ0v) is 7.07. The van der Waals surface area contributed by atoms with Gasteiger partial charge in [-0.15, -0.1) is 11.3 Å². The zero-order valence-electron chi connectivity index (χ0n) is 6.26. The van der Waals surface area contributed by atoms with Crippen LogP contribution in [0.15, 0.2) is 5.51 Å². The minimum atomic E-state index is -2.33. The monoisotopic (exact) mass is 190 g/mol. The number of rotatable bonds is 1. The van der Waals surface area contributed by atoms with Gasteiger partial charge in [0.1, 0.15) is 6.04 Å². The van der Waals surface area contributed by atoms with Crippen molar-refractivity contribution in [3.05, 3.63) is 16.1 Å². The molecule has 0 radical (unpaired) electrons. The van der Waals surface area contributed by atoms with E-state index < -0.39 is 12.5 Å². The van der Waals surface area contributed by atoms with Crippen molar-refractivity contribution < 1.29 is 8.78 Å². The summed E-state index contributed by atoms with van der Waals surface area (Å²) in [6.45, 7) is 0.603. The first-order chi connectivity index (χ1) is 5.79. The van der Waals surface area contributed by atoms with Gasteiger partial charge < -0.3 is 5.32 Å². The van der Waals surface area contributed by atoms with Crippen molar-refractivity contribution in [3.8, 4) is 0 Å². The highest BCUT2D eigenvalue weighted by atomic mass is 32.1. The third-order valence-corrected chi connectivity index (χ3v) is 2.89.